The molecule has 1 aliphatic carbocycles. The molecule has 1 aliphatic rings. The van der Waals surface area contributed by atoms with Crippen molar-refractivity contribution in [1.29, 1.82) is 0 Å². The van der Waals surface area contributed by atoms with Gasteiger partial charge < -0.3 is 10.1 Å². The first-order valence-corrected chi connectivity index (χ1v) is 5.92. The van der Waals surface area contributed by atoms with Gasteiger partial charge in [0.2, 0.25) is 11.8 Å². The van der Waals surface area contributed by atoms with E-state index in [0.717, 1.165) is 11.6 Å². The Kier molecular flexibility index (Phi) is 3.27. The van der Waals surface area contributed by atoms with Crippen LogP contribution in [0.4, 0.5) is 5.95 Å². The first kappa shape index (κ1) is 11.2. The van der Waals surface area contributed by atoms with Crippen molar-refractivity contribution in [1.82, 2.24) is 9.97 Å². The summed E-state index contributed by atoms with van der Waals surface area (Å²) in [5, 5.41) is 3.35. The Morgan fingerprint density at radius 2 is 2.19 bits per heavy atom. The predicted octanol–water partition coefficient (Wildman–Crippen LogP) is 2.39. The first-order chi connectivity index (χ1) is 7.67. The Bertz CT molecular complexity index is 361. The van der Waals surface area contributed by atoms with E-state index in [2.05, 4.69) is 22.2 Å². The van der Waals surface area contributed by atoms with Crippen molar-refractivity contribution in [2.75, 3.05) is 11.9 Å². The fourth-order valence-electron chi connectivity index (χ4n) is 2.03. The number of rotatable bonds is 4. The molecule has 1 heterocycles. The zero-order valence-corrected chi connectivity index (χ0v) is 10.2. The molecule has 0 bridgehead atoms. The van der Waals surface area contributed by atoms with E-state index < -0.39 is 0 Å². The molecule has 0 saturated heterocycles. The molecule has 0 aromatic carbocycles. The Morgan fingerprint density at radius 1 is 1.44 bits per heavy atom. The zero-order chi connectivity index (χ0) is 11.5. The van der Waals surface area contributed by atoms with Crippen molar-refractivity contribution in [3.63, 3.8) is 0 Å². The maximum Gasteiger partial charge on any atom is 0.226 e. The second kappa shape index (κ2) is 4.68. The van der Waals surface area contributed by atoms with Crippen LogP contribution in [0, 0.1) is 12.8 Å². The molecule has 88 valence electrons. The highest BCUT2D eigenvalue weighted by Gasteiger charge is 2.25. The van der Waals surface area contributed by atoms with Crippen LogP contribution in [-0.4, -0.2) is 22.6 Å². The average Bonchev–Trinajstić information content (AvgIpc) is 2.15. The lowest BCUT2D eigenvalue weighted by Gasteiger charge is -2.33. The van der Waals surface area contributed by atoms with E-state index >= 15 is 0 Å². The summed E-state index contributed by atoms with van der Waals surface area (Å²) in [5.41, 5.74) is 0.938. The van der Waals surface area contributed by atoms with Gasteiger partial charge in [-0.15, -0.1) is 0 Å². The zero-order valence-electron chi connectivity index (χ0n) is 10.2. The SMILES string of the molecule is CCOc1cc(C)nc(NC2CC(C)C2)n1. The maximum atomic E-state index is 5.39. The molecular formula is C12H19N3O. The van der Waals surface area contributed by atoms with E-state index in [1.165, 1.54) is 12.8 Å². The molecule has 1 N–H and O–H groups in total. The van der Waals surface area contributed by atoms with Crippen molar-refractivity contribution >= 4 is 5.95 Å². The van der Waals surface area contributed by atoms with Crippen molar-refractivity contribution in [3.05, 3.63) is 11.8 Å². The van der Waals surface area contributed by atoms with Crippen molar-refractivity contribution in [2.45, 2.75) is 39.7 Å². The van der Waals surface area contributed by atoms with E-state index in [0.29, 0.717) is 24.5 Å². The van der Waals surface area contributed by atoms with E-state index in [-0.39, 0.29) is 0 Å². The molecule has 1 aromatic heterocycles. The third-order valence-corrected chi connectivity index (χ3v) is 2.83. The second-order valence-electron chi connectivity index (χ2n) is 4.52. The molecule has 0 spiro atoms. The van der Waals surface area contributed by atoms with Gasteiger partial charge in [-0.1, -0.05) is 6.92 Å². The molecule has 1 aromatic rings. The number of ether oxygens (including phenoxy) is 1. The molecule has 1 saturated carbocycles. The van der Waals surface area contributed by atoms with Crippen LogP contribution in [0.25, 0.3) is 0 Å². The Labute approximate surface area is 96.4 Å². The van der Waals surface area contributed by atoms with Gasteiger partial charge in [0.05, 0.1) is 6.61 Å². The van der Waals surface area contributed by atoms with Crippen LogP contribution in [0.5, 0.6) is 5.88 Å². The highest BCUT2D eigenvalue weighted by molar-refractivity contribution is 5.32. The van der Waals surface area contributed by atoms with E-state index in [1.807, 2.05) is 19.9 Å². The number of anilines is 1. The lowest BCUT2D eigenvalue weighted by atomic mass is 9.82. The number of nitrogens with one attached hydrogen (secondary N) is 1. The number of nitrogens with zero attached hydrogens (tertiary/aromatic N) is 2. The normalized spacial score (nSPS) is 23.7. The minimum Gasteiger partial charge on any atom is -0.478 e. The summed E-state index contributed by atoms with van der Waals surface area (Å²) in [7, 11) is 0. The fourth-order valence-corrected chi connectivity index (χ4v) is 2.03. The third-order valence-electron chi connectivity index (χ3n) is 2.83. The van der Waals surface area contributed by atoms with Crippen LogP contribution < -0.4 is 10.1 Å². The maximum absolute atomic E-state index is 5.39. The van der Waals surface area contributed by atoms with Gasteiger partial charge in [0.1, 0.15) is 0 Å². The molecule has 0 amide bonds. The van der Waals surface area contributed by atoms with Gasteiger partial charge in [-0.3, -0.25) is 0 Å². The predicted molar refractivity (Wildman–Crippen MR) is 63.7 cm³/mol. The molecule has 0 unspecified atom stereocenters. The minimum atomic E-state index is 0.534. The molecule has 0 radical (unpaired) electrons. The standard InChI is InChI=1S/C12H19N3O/c1-4-16-11-7-9(3)13-12(15-11)14-10-5-8(2)6-10/h7-8,10H,4-6H2,1-3H3,(H,13,14,15). The Balaban J connectivity index is 2.02. The van der Waals surface area contributed by atoms with Crippen LogP contribution in [0.3, 0.4) is 0 Å². The number of hydrogen-bond acceptors (Lipinski definition) is 4. The van der Waals surface area contributed by atoms with Crippen LogP contribution >= 0.6 is 0 Å². The smallest absolute Gasteiger partial charge is 0.226 e. The summed E-state index contributed by atoms with van der Waals surface area (Å²) in [6.07, 6.45) is 2.42. The summed E-state index contributed by atoms with van der Waals surface area (Å²) in [6.45, 7) is 6.81. The molecule has 0 aliphatic heterocycles. The van der Waals surface area contributed by atoms with Crippen molar-refractivity contribution in [2.24, 2.45) is 5.92 Å². The van der Waals surface area contributed by atoms with Crippen LogP contribution in [0.15, 0.2) is 6.07 Å². The Hall–Kier alpha value is -1.32. The van der Waals surface area contributed by atoms with Gasteiger partial charge in [0, 0.05) is 17.8 Å². The molecular weight excluding hydrogens is 202 g/mol. The van der Waals surface area contributed by atoms with Gasteiger partial charge >= 0.3 is 0 Å². The lowest BCUT2D eigenvalue weighted by molar-refractivity contribution is 0.306. The van der Waals surface area contributed by atoms with E-state index in [1.54, 1.807) is 0 Å². The highest BCUT2D eigenvalue weighted by Crippen LogP contribution is 2.28. The summed E-state index contributed by atoms with van der Waals surface area (Å²) < 4.78 is 5.39. The van der Waals surface area contributed by atoms with Gasteiger partial charge in [-0.05, 0) is 32.6 Å². The molecule has 4 nitrogen and oxygen atoms in total. The highest BCUT2D eigenvalue weighted by atomic mass is 16.5. The topological polar surface area (TPSA) is 47.0 Å². The molecule has 1 fully saturated rings. The van der Waals surface area contributed by atoms with E-state index in [4.69, 9.17) is 4.74 Å². The summed E-state index contributed by atoms with van der Waals surface area (Å²) in [5.74, 6) is 2.18. The van der Waals surface area contributed by atoms with Crippen molar-refractivity contribution in [3.8, 4) is 5.88 Å². The van der Waals surface area contributed by atoms with Crippen molar-refractivity contribution < 1.29 is 4.74 Å². The second-order valence-corrected chi connectivity index (χ2v) is 4.52. The monoisotopic (exact) mass is 221 g/mol. The molecule has 16 heavy (non-hydrogen) atoms. The number of hydrogen-bond donors (Lipinski definition) is 1. The largest absolute Gasteiger partial charge is 0.478 e. The molecule has 0 atom stereocenters. The van der Waals surface area contributed by atoms with Crippen LogP contribution in [-0.2, 0) is 0 Å². The quantitative estimate of drug-likeness (QED) is 0.848. The van der Waals surface area contributed by atoms with Gasteiger partial charge in [0.25, 0.3) is 0 Å². The van der Waals surface area contributed by atoms with Crippen LogP contribution in [0.2, 0.25) is 0 Å². The van der Waals surface area contributed by atoms with Crippen LogP contribution in [0.1, 0.15) is 32.4 Å². The molecule has 2 rings (SSSR count). The minimum absolute atomic E-state index is 0.534. The molecule has 4 heteroatoms. The van der Waals surface area contributed by atoms with Gasteiger partial charge in [0.15, 0.2) is 0 Å². The Morgan fingerprint density at radius 3 is 2.81 bits per heavy atom. The van der Waals surface area contributed by atoms with E-state index in [9.17, 15) is 0 Å². The first-order valence-electron chi connectivity index (χ1n) is 5.92. The fraction of sp³-hybridized carbons (Fsp3) is 0.667. The number of aromatic nitrogens is 2. The summed E-state index contributed by atoms with van der Waals surface area (Å²) in [4.78, 5) is 8.69. The average molecular weight is 221 g/mol. The number of aryl methyl sites for hydroxylation is 1. The summed E-state index contributed by atoms with van der Waals surface area (Å²) >= 11 is 0. The summed E-state index contributed by atoms with van der Waals surface area (Å²) in [6, 6.07) is 2.39. The van der Waals surface area contributed by atoms with Gasteiger partial charge in [-0.25, -0.2) is 4.98 Å². The lowest BCUT2D eigenvalue weighted by Crippen LogP contribution is -2.34. The third kappa shape index (κ3) is 2.62. The van der Waals surface area contributed by atoms with Gasteiger partial charge in [-0.2, -0.15) is 4.98 Å².